The van der Waals surface area contributed by atoms with E-state index in [1.54, 1.807) is 6.33 Å². The number of nitrogens with one attached hydrogen (secondary N) is 2. The summed E-state index contributed by atoms with van der Waals surface area (Å²) >= 11 is 0. The van der Waals surface area contributed by atoms with Crippen LogP contribution in [0.1, 0.15) is 55.2 Å². The van der Waals surface area contributed by atoms with Crippen LogP contribution in [-0.4, -0.2) is 32.7 Å². The van der Waals surface area contributed by atoms with E-state index in [1.165, 1.54) is 51.7 Å². The van der Waals surface area contributed by atoms with Crippen LogP contribution in [0.15, 0.2) is 36.8 Å². The molecule has 5 rings (SSSR count). The van der Waals surface area contributed by atoms with Crippen LogP contribution >= 0.6 is 0 Å². The van der Waals surface area contributed by atoms with E-state index in [1.807, 2.05) is 4.40 Å². The molecule has 5 nitrogen and oxygen atoms in total. The largest absolute Gasteiger partial charge is 0.354 e. The Kier molecular flexibility index (Phi) is 4.20. The van der Waals surface area contributed by atoms with Gasteiger partial charge in [0.2, 0.25) is 0 Å². The molecule has 0 bridgehead atoms. The van der Waals surface area contributed by atoms with Gasteiger partial charge in [-0.05, 0) is 79.6 Å². The lowest BCUT2D eigenvalue weighted by Gasteiger charge is -2.23. The Hall–Kier alpha value is -2.66. The van der Waals surface area contributed by atoms with Crippen molar-refractivity contribution in [3.8, 4) is 11.3 Å². The first-order valence-corrected chi connectivity index (χ1v) is 10.3. The van der Waals surface area contributed by atoms with E-state index >= 15 is 0 Å². The van der Waals surface area contributed by atoms with Crippen LogP contribution < -0.4 is 5.32 Å². The quantitative estimate of drug-likeness (QED) is 0.543. The van der Waals surface area contributed by atoms with E-state index in [0.29, 0.717) is 11.8 Å². The molecule has 1 aliphatic heterocycles. The zero-order chi connectivity index (χ0) is 19.3. The molecule has 1 saturated heterocycles. The summed E-state index contributed by atoms with van der Waals surface area (Å²) in [4.78, 5) is 3.72. The maximum absolute atomic E-state index is 4.18. The highest BCUT2D eigenvalue weighted by Gasteiger charge is 2.21. The fraction of sp³-hybridized carbons (Fsp3) is 0.391. The summed E-state index contributed by atoms with van der Waals surface area (Å²) in [6, 6.07) is 9.14. The van der Waals surface area contributed by atoms with Crippen LogP contribution in [0.2, 0.25) is 0 Å². The van der Waals surface area contributed by atoms with Gasteiger partial charge in [0.25, 0.3) is 0 Å². The molecule has 2 N–H and O–H groups in total. The molecule has 28 heavy (non-hydrogen) atoms. The highest BCUT2D eigenvalue weighted by molar-refractivity contribution is 5.92. The molecule has 1 fully saturated rings. The van der Waals surface area contributed by atoms with Crippen molar-refractivity contribution in [1.82, 2.24) is 24.9 Å². The summed E-state index contributed by atoms with van der Waals surface area (Å²) in [5, 5.41) is 13.1. The molecule has 1 aliphatic rings. The van der Waals surface area contributed by atoms with Crippen molar-refractivity contribution in [2.45, 2.75) is 45.4 Å². The molecule has 4 heterocycles. The van der Waals surface area contributed by atoms with E-state index in [2.05, 4.69) is 71.7 Å². The number of aromatic amines is 1. The van der Waals surface area contributed by atoms with Crippen molar-refractivity contribution in [3.63, 3.8) is 0 Å². The van der Waals surface area contributed by atoms with Gasteiger partial charge in [-0.25, -0.2) is 0 Å². The lowest BCUT2D eigenvalue weighted by Crippen LogP contribution is -2.26. The number of pyridine rings is 1. The molecule has 0 unspecified atom stereocenters. The van der Waals surface area contributed by atoms with Crippen LogP contribution in [0.25, 0.3) is 27.8 Å². The average molecular weight is 374 g/mol. The molecule has 144 valence electrons. The van der Waals surface area contributed by atoms with Crippen LogP contribution in [0, 0.1) is 6.92 Å². The molecule has 0 aliphatic carbocycles. The number of piperidine rings is 1. The Morgan fingerprint density at radius 1 is 1.14 bits per heavy atom. The minimum atomic E-state index is 0.433. The van der Waals surface area contributed by atoms with E-state index in [4.69, 9.17) is 0 Å². The predicted octanol–water partition coefficient (Wildman–Crippen LogP) is 4.78. The van der Waals surface area contributed by atoms with E-state index < -0.39 is 0 Å². The molecule has 5 heteroatoms. The normalized spacial score (nSPS) is 15.9. The smallest absolute Gasteiger partial charge is 0.160 e. The summed E-state index contributed by atoms with van der Waals surface area (Å²) in [7, 11) is 0. The second-order valence-corrected chi connectivity index (χ2v) is 8.36. The highest BCUT2D eigenvalue weighted by Crippen LogP contribution is 2.38. The van der Waals surface area contributed by atoms with Crippen LogP contribution in [0.3, 0.4) is 0 Å². The van der Waals surface area contributed by atoms with E-state index in [-0.39, 0.29) is 0 Å². The molecular formula is C23H27N5. The lowest BCUT2D eigenvalue weighted by molar-refractivity contribution is 0.460. The molecular weight excluding hydrogens is 346 g/mol. The number of aromatic nitrogens is 4. The highest BCUT2D eigenvalue weighted by atomic mass is 15.2. The van der Waals surface area contributed by atoms with Gasteiger partial charge in [0.05, 0.1) is 5.69 Å². The van der Waals surface area contributed by atoms with Gasteiger partial charge in [0.15, 0.2) is 5.65 Å². The van der Waals surface area contributed by atoms with Crippen LogP contribution in [0.5, 0.6) is 0 Å². The number of fused-ring (bicyclic) bond motifs is 2. The second-order valence-electron chi connectivity index (χ2n) is 8.36. The van der Waals surface area contributed by atoms with Crippen molar-refractivity contribution >= 4 is 16.6 Å². The summed E-state index contributed by atoms with van der Waals surface area (Å²) in [5.74, 6) is 1.10. The first-order valence-electron chi connectivity index (χ1n) is 10.3. The summed E-state index contributed by atoms with van der Waals surface area (Å²) in [5.41, 5.74) is 8.65. The molecule has 4 aromatic rings. The Bertz CT molecular complexity index is 1140. The number of aryl methyl sites for hydroxylation is 1. The molecule has 0 radical (unpaired) electrons. The Morgan fingerprint density at radius 3 is 2.75 bits per heavy atom. The number of benzene rings is 1. The molecule has 1 aromatic carbocycles. The van der Waals surface area contributed by atoms with E-state index in [9.17, 15) is 0 Å². The van der Waals surface area contributed by atoms with Gasteiger partial charge in [0.1, 0.15) is 6.33 Å². The van der Waals surface area contributed by atoms with Crippen LogP contribution in [0.4, 0.5) is 0 Å². The number of H-pyrrole nitrogens is 1. The van der Waals surface area contributed by atoms with Gasteiger partial charge < -0.3 is 10.3 Å². The minimum Gasteiger partial charge on any atom is -0.354 e. The fourth-order valence-corrected chi connectivity index (χ4v) is 4.68. The molecule has 0 atom stereocenters. The standard InChI is InChI=1S/C23H27N5/c1-14(2)22-18-11-17(16-6-8-24-9-7-16)4-5-20(18)26-23(22)19-12-28-13-25-27-21(28)10-15(19)3/h4-5,10-14,16,24,26H,6-9H2,1-3H3. The molecule has 0 spiro atoms. The third kappa shape index (κ3) is 2.81. The Morgan fingerprint density at radius 2 is 1.96 bits per heavy atom. The maximum Gasteiger partial charge on any atom is 0.160 e. The zero-order valence-corrected chi connectivity index (χ0v) is 16.8. The topological polar surface area (TPSA) is 58.0 Å². The number of hydrogen-bond donors (Lipinski definition) is 2. The number of nitrogens with zero attached hydrogens (tertiary/aromatic N) is 3. The second kappa shape index (κ2) is 6.74. The van der Waals surface area contributed by atoms with Gasteiger partial charge in [-0.2, -0.15) is 0 Å². The van der Waals surface area contributed by atoms with Crippen LogP contribution in [-0.2, 0) is 0 Å². The van der Waals surface area contributed by atoms with Gasteiger partial charge in [0, 0.05) is 22.7 Å². The van der Waals surface area contributed by atoms with Gasteiger partial charge in [-0.1, -0.05) is 19.9 Å². The fourth-order valence-electron chi connectivity index (χ4n) is 4.68. The summed E-state index contributed by atoms with van der Waals surface area (Å²) < 4.78 is 2.00. The number of hydrogen-bond acceptors (Lipinski definition) is 3. The Labute approximate surface area is 165 Å². The summed E-state index contributed by atoms with van der Waals surface area (Å²) in [6.07, 6.45) is 6.37. The lowest BCUT2D eigenvalue weighted by atomic mass is 9.88. The third-order valence-corrected chi connectivity index (χ3v) is 6.16. The molecule has 0 amide bonds. The van der Waals surface area contributed by atoms with Crippen molar-refractivity contribution in [2.75, 3.05) is 13.1 Å². The van der Waals surface area contributed by atoms with Gasteiger partial charge >= 0.3 is 0 Å². The van der Waals surface area contributed by atoms with Crippen molar-refractivity contribution in [2.24, 2.45) is 0 Å². The average Bonchev–Trinajstić information content (AvgIpc) is 3.30. The maximum atomic E-state index is 4.18. The van der Waals surface area contributed by atoms with Gasteiger partial charge in [-0.3, -0.25) is 4.40 Å². The minimum absolute atomic E-state index is 0.433. The predicted molar refractivity (Wildman–Crippen MR) is 114 cm³/mol. The SMILES string of the molecule is Cc1cc2nncn2cc1-c1[nH]c2ccc(C3CCNCC3)cc2c1C(C)C. The third-order valence-electron chi connectivity index (χ3n) is 6.16. The molecule has 0 saturated carbocycles. The number of rotatable bonds is 3. The van der Waals surface area contributed by atoms with E-state index in [0.717, 1.165) is 18.7 Å². The first-order chi connectivity index (χ1) is 13.6. The molecule has 3 aromatic heterocycles. The van der Waals surface area contributed by atoms with Crippen molar-refractivity contribution in [1.29, 1.82) is 0 Å². The zero-order valence-electron chi connectivity index (χ0n) is 16.8. The van der Waals surface area contributed by atoms with Crippen molar-refractivity contribution in [3.05, 3.63) is 53.5 Å². The Balaban J connectivity index is 1.69. The van der Waals surface area contributed by atoms with Gasteiger partial charge in [-0.15, -0.1) is 10.2 Å². The van der Waals surface area contributed by atoms with Crippen molar-refractivity contribution < 1.29 is 0 Å². The summed E-state index contributed by atoms with van der Waals surface area (Å²) in [6.45, 7) is 8.97. The first kappa shape index (κ1) is 17.4. The monoisotopic (exact) mass is 373 g/mol.